The van der Waals surface area contributed by atoms with Gasteiger partial charge in [-0.1, -0.05) is 6.58 Å². The minimum absolute atomic E-state index is 0.0698. The number of carbonyl (C=O) groups is 2. The van der Waals surface area contributed by atoms with Gasteiger partial charge in [0.2, 0.25) is 0 Å². The van der Waals surface area contributed by atoms with Gasteiger partial charge in [-0.3, -0.25) is 0 Å². The van der Waals surface area contributed by atoms with Crippen LogP contribution in [-0.2, 0) is 23.8 Å². The first kappa shape index (κ1) is 14.8. The van der Waals surface area contributed by atoms with Gasteiger partial charge in [-0.25, -0.2) is 4.79 Å². The van der Waals surface area contributed by atoms with Gasteiger partial charge in [0.1, 0.15) is 25.1 Å². The van der Waals surface area contributed by atoms with E-state index in [4.69, 9.17) is 14.2 Å². The zero-order valence-corrected chi connectivity index (χ0v) is 10.3. The molecule has 0 amide bonds. The molecule has 0 aromatic carbocycles. The summed E-state index contributed by atoms with van der Waals surface area (Å²) in [4.78, 5) is 21.7. The summed E-state index contributed by atoms with van der Waals surface area (Å²) in [6, 6.07) is 0. The van der Waals surface area contributed by atoms with Crippen molar-refractivity contribution in [3.63, 3.8) is 0 Å². The molecule has 1 fully saturated rings. The Hall–Kier alpha value is -1.24. The van der Waals surface area contributed by atoms with Gasteiger partial charge in [0.25, 0.3) is 0 Å². The van der Waals surface area contributed by atoms with E-state index in [0.29, 0.717) is 19.3 Å². The SMILES string of the molecule is C=C(C)C(=O)OCC(O)COC(C=O)CC1CO1. The van der Waals surface area contributed by atoms with Gasteiger partial charge in [0.15, 0.2) is 0 Å². The summed E-state index contributed by atoms with van der Waals surface area (Å²) in [7, 11) is 0. The molecule has 0 aliphatic carbocycles. The highest BCUT2D eigenvalue weighted by atomic mass is 16.6. The van der Waals surface area contributed by atoms with Crippen molar-refractivity contribution < 1.29 is 28.9 Å². The molecule has 0 aromatic rings. The molecule has 0 bridgehead atoms. The van der Waals surface area contributed by atoms with Gasteiger partial charge in [-0.15, -0.1) is 0 Å². The minimum Gasteiger partial charge on any atom is -0.460 e. The number of rotatable bonds is 9. The molecule has 1 rings (SSSR count). The van der Waals surface area contributed by atoms with Crippen molar-refractivity contribution in [3.05, 3.63) is 12.2 Å². The molecular weight excluding hydrogens is 240 g/mol. The Morgan fingerprint density at radius 2 is 2.28 bits per heavy atom. The molecule has 0 radical (unpaired) electrons. The average molecular weight is 258 g/mol. The number of carbonyl (C=O) groups excluding carboxylic acids is 2. The van der Waals surface area contributed by atoms with Crippen LogP contribution in [0.4, 0.5) is 0 Å². The molecular formula is C12H18O6. The normalized spacial score (nSPS) is 20.9. The van der Waals surface area contributed by atoms with Crippen LogP contribution in [0, 0.1) is 0 Å². The monoisotopic (exact) mass is 258 g/mol. The Balaban J connectivity index is 2.14. The molecule has 1 saturated heterocycles. The fourth-order valence-electron chi connectivity index (χ4n) is 1.20. The second kappa shape index (κ2) is 7.25. The van der Waals surface area contributed by atoms with E-state index in [-0.39, 0.29) is 24.9 Å². The third kappa shape index (κ3) is 5.90. The van der Waals surface area contributed by atoms with Crippen LogP contribution in [0.5, 0.6) is 0 Å². The minimum atomic E-state index is -0.962. The number of aldehydes is 1. The maximum atomic E-state index is 11.0. The predicted molar refractivity (Wildman–Crippen MR) is 61.9 cm³/mol. The topological polar surface area (TPSA) is 85.4 Å². The summed E-state index contributed by atoms with van der Waals surface area (Å²) < 4.78 is 14.9. The lowest BCUT2D eigenvalue weighted by atomic mass is 10.2. The molecule has 102 valence electrons. The van der Waals surface area contributed by atoms with Crippen molar-refractivity contribution >= 4 is 12.3 Å². The van der Waals surface area contributed by atoms with E-state index in [0.717, 1.165) is 0 Å². The summed E-state index contributed by atoms with van der Waals surface area (Å²) in [5.74, 6) is -0.563. The molecule has 3 atom stereocenters. The van der Waals surface area contributed by atoms with Crippen LogP contribution < -0.4 is 0 Å². The smallest absolute Gasteiger partial charge is 0.333 e. The molecule has 3 unspecified atom stereocenters. The first-order valence-corrected chi connectivity index (χ1v) is 5.72. The van der Waals surface area contributed by atoms with E-state index < -0.39 is 18.2 Å². The maximum Gasteiger partial charge on any atom is 0.333 e. The van der Waals surface area contributed by atoms with Crippen LogP contribution in [-0.4, -0.2) is 55.5 Å². The van der Waals surface area contributed by atoms with E-state index in [1.807, 2.05) is 0 Å². The Bertz CT molecular complexity index is 310. The second-order valence-corrected chi connectivity index (χ2v) is 4.23. The molecule has 1 aliphatic rings. The van der Waals surface area contributed by atoms with E-state index >= 15 is 0 Å². The van der Waals surface area contributed by atoms with Gasteiger partial charge in [-0.05, 0) is 6.92 Å². The first-order valence-electron chi connectivity index (χ1n) is 5.72. The first-order chi connectivity index (χ1) is 8.52. The molecule has 6 heteroatoms. The van der Waals surface area contributed by atoms with Crippen molar-refractivity contribution in [1.82, 2.24) is 0 Å². The summed E-state index contributed by atoms with van der Waals surface area (Å²) in [5, 5.41) is 9.49. The lowest BCUT2D eigenvalue weighted by Crippen LogP contribution is -2.28. The molecule has 0 spiro atoms. The highest BCUT2D eigenvalue weighted by Gasteiger charge is 2.27. The number of aliphatic hydroxyl groups is 1. The predicted octanol–water partition coefficient (Wildman–Crippen LogP) is -0.160. The summed E-state index contributed by atoms with van der Waals surface area (Å²) in [6.07, 6.45) is -0.311. The van der Waals surface area contributed by atoms with Gasteiger partial charge >= 0.3 is 5.97 Å². The van der Waals surface area contributed by atoms with Gasteiger partial charge in [-0.2, -0.15) is 0 Å². The Morgan fingerprint density at radius 1 is 1.61 bits per heavy atom. The zero-order chi connectivity index (χ0) is 13.5. The molecule has 6 nitrogen and oxygen atoms in total. The maximum absolute atomic E-state index is 11.0. The molecule has 0 saturated carbocycles. The molecule has 18 heavy (non-hydrogen) atoms. The van der Waals surface area contributed by atoms with Crippen molar-refractivity contribution in [2.24, 2.45) is 0 Å². The number of aliphatic hydroxyl groups excluding tert-OH is 1. The number of epoxide rings is 1. The third-order valence-electron chi connectivity index (χ3n) is 2.31. The van der Waals surface area contributed by atoms with Crippen molar-refractivity contribution in [2.75, 3.05) is 19.8 Å². The lowest BCUT2D eigenvalue weighted by molar-refractivity contribution is -0.144. The van der Waals surface area contributed by atoms with E-state index in [2.05, 4.69) is 6.58 Å². The second-order valence-electron chi connectivity index (χ2n) is 4.23. The average Bonchev–Trinajstić information content (AvgIpc) is 3.14. The Kier molecular flexibility index (Phi) is 5.97. The van der Waals surface area contributed by atoms with E-state index in [1.165, 1.54) is 6.92 Å². The number of hydrogen-bond acceptors (Lipinski definition) is 6. The number of esters is 1. The Labute approximate surface area is 106 Å². The quantitative estimate of drug-likeness (QED) is 0.268. The van der Waals surface area contributed by atoms with Gasteiger partial charge in [0, 0.05) is 12.0 Å². The lowest BCUT2D eigenvalue weighted by Gasteiger charge is -2.15. The highest BCUT2D eigenvalue weighted by Crippen LogP contribution is 2.16. The van der Waals surface area contributed by atoms with Crippen molar-refractivity contribution in [3.8, 4) is 0 Å². The van der Waals surface area contributed by atoms with Crippen LogP contribution in [0.1, 0.15) is 13.3 Å². The van der Waals surface area contributed by atoms with Gasteiger partial charge < -0.3 is 24.1 Å². The van der Waals surface area contributed by atoms with E-state index in [1.54, 1.807) is 0 Å². The summed E-state index contributed by atoms with van der Waals surface area (Å²) >= 11 is 0. The summed E-state index contributed by atoms with van der Waals surface area (Å²) in [5.41, 5.74) is 0.264. The van der Waals surface area contributed by atoms with Crippen LogP contribution in [0.25, 0.3) is 0 Å². The molecule has 1 heterocycles. The summed E-state index contributed by atoms with van der Waals surface area (Å²) in [6.45, 7) is 5.32. The fourth-order valence-corrected chi connectivity index (χ4v) is 1.20. The van der Waals surface area contributed by atoms with Gasteiger partial charge in [0.05, 0.1) is 19.3 Å². The fraction of sp³-hybridized carbons (Fsp3) is 0.667. The standard InChI is InChI=1S/C12H18O6/c1-8(2)12(15)18-6-9(14)5-16-10(4-13)3-11-7-17-11/h4,9-11,14H,1,3,5-7H2,2H3. The van der Waals surface area contributed by atoms with E-state index in [9.17, 15) is 14.7 Å². The number of ether oxygens (including phenoxy) is 3. The molecule has 1 aliphatic heterocycles. The van der Waals surface area contributed by atoms with Crippen molar-refractivity contribution in [1.29, 1.82) is 0 Å². The highest BCUT2D eigenvalue weighted by molar-refractivity contribution is 5.86. The largest absolute Gasteiger partial charge is 0.460 e. The van der Waals surface area contributed by atoms with Crippen LogP contribution in [0.3, 0.4) is 0 Å². The van der Waals surface area contributed by atoms with Crippen LogP contribution >= 0.6 is 0 Å². The zero-order valence-electron chi connectivity index (χ0n) is 10.3. The van der Waals surface area contributed by atoms with Crippen LogP contribution in [0.2, 0.25) is 0 Å². The Morgan fingerprint density at radius 3 is 2.78 bits per heavy atom. The van der Waals surface area contributed by atoms with Crippen molar-refractivity contribution in [2.45, 2.75) is 31.7 Å². The molecule has 1 N–H and O–H groups in total. The molecule has 0 aromatic heterocycles. The third-order valence-corrected chi connectivity index (χ3v) is 2.31. The number of hydrogen-bond donors (Lipinski definition) is 1. The van der Waals surface area contributed by atoms with Crippen LogP contribution in [0.15, 0.2) is 12.2 Å².